The van der Waals surface area contributed by atoms with Crippen LogP contribution in [0, 0.1) is 5.92 Å². The molecule has 0 heterocycles. The molecule has 0 heteroatoms. The second-order valence-corrected chi connectivity index (χ2v) is 3.60. The van der Waals surface area contributed by atoms with Gasteiger partial charge in [-0.15, -0.1) is 0 Å². The molecular weight excluding hydrogens is 120 g/mol. The van der Waals surface area contributed by atoms with Gasteiger partial charge in [0.2, 0.25) is 0 Å². The maximum Gasteiger partial charge on any atom is -0.00995 e. The van der Waals surface area contributed by atoms with Crippen LogP contribution in [-0.4, -0.2) is 0 Å². The fourth-order valence-corrected chi connectivity index (χ4v) is 1.70. The van der Waals surface area contributed by atoms with Gasteiger partial charge in [0.15, 0.2) is 0 Å². The van der Waals surface area contributed by atoms with Crippen LogP contribution in [0.5, 0.6) is 0 Å². The van der Waals surface area contributed by atoms with E-state index in [2.05, 4.69) is 19.1 Å². The van der Waals surface area contributed by atoms with Gasteiger partial charge in [-0.25, -0.2) is 0 Å². The summed E-state index contributed by atoms with van der Waals surface area (Å²) < 4.78 is 0. The number of rotatable bonds is 0. The summed E-state index contributed by atoms with van der Waals surface area (Å²) in [5, 5.41) is 0. The normalized spacial score (nSPS) is 31.1. The lowest BCUT2D eigenvalue weighted by molar-refractivity contribution is 0.591. The van der Waals surface area contributed by atoms with E-state index in [0.29, 0.717) is 0 Å². The van der Waals surface area contributed by atoms with Gasteiger partial charge in [-0.3, -0.25) is 0 Å². The third-order valence-electron chi connectivity index (χ3n) is 2.47. The van der Waals surface area contributed by atoms with Gasteiger partial charge in [-0.2, -0.15) is 0 Å². The number of hydrogen-bond acceptors (Lipinski definition) is 0. The highest BCUT2D eigenvalue weighted by Crippen LogP contribution is 2.40. The minimum Gasteiger partial charge on any atom is -0.0879 e. The van der Waals surface area contributed by atoms with Crippen molar-refractivity contribution >= 4 is 0 Å². The average Bonchev–Trinajstić information content (AvgIpc) is 2.54. The van der Waals surface area contributed by atoms with Crippen molar-refractivity contribution in [1.29, 1.82) is 0 Å². The fraction of sp³-hybridized carbons (Fsp3) is 0.600. The van der Waals surface area contributed by atoms with E-state index in [1.54, 1.807) is 11.1 Å². The van der Waals surface area contributed by atoms with Crippen molar-refractivity contribution in [2.75, 3.05) is 0 Å². The molecule has 0 bridgehead atoms. The molecule has 0 amide bonds. The van der Waals surface area contributed by atoms with E-state index in [-0.39, 0.29) is 0 Å². The molecular formula is C10H14. The van der Waals surface area contributed by atoms with E-state index < -0.39 is 0 Å². The van der Waals surface area contributed by atoms with Crippen molar-refractivity contribution in [2.45, 2.75) is 32.6 Å². The first kappa shape index (κ1) is 6.21. The van der Waals surface area contributed by atoms with E-state index in [4.69, 9.17) is 0 Å². The molecule has 54 valence electrons. The maximum absolute atomic E-state index is 2.35. The van der Waals surface area contributed by atoms with E-state index in [0.717, 1.165) is 5.92 Å². The summed E-state index contributed by atoms with van der Waals surface area (Å²) >= 11 is 0. The molecule has 0 saturated carbocycles. The smallest absolute Gasteiger partial charge is 0.00995 e. The lowest BCUT2D eigenvalue weighted by Gasteiger charge is -2.05. The maximum atomic E-state index is 2.35. The summed E-state index contributed by atoms with van der Waals surface area (Å²) in [6, 6.07) is 0. The number of allylic oxidation sites excluding steroid dienone is 4. The Labute approximate surface area is 62.6 Å². The third-order valence-corrected chi connectivity index (χ3v) is 2.47. The predicted molar refractivity (Wildman–Crippen MR) is 43.8 cm³/mol. The summed E-state index contributed by atoms with van der Waals surface area (Å²) in [7, 11) is 0. The third kappa shape index (κ3) is 1.16. The Morgan fingerprint density at radius 1 is 1.30 bits per heavy atom. The van der Waals surface area contributed by atoms with Gasteiger partial charge in [0.1, 0.15) is 0 Å². The lowest BCUT2D eigenvalue weighted by Crippen LogP contribution is -1.91. The zero-order valence-corrected chi connectivity index (χ0v) is 6.56. The highest BCUT2D eigenvalue weighted by atomic mass is 14.3. The van der Waals surface area contributed by atoms with E-state index >= 15 is 0 Å². The van der Waals surface area contributed by atoms with E-state index in [1.807, 2.05) is 0 Å². The SMILES string of the molecule is CC1CC=CCC2=C(C2)C1. The molecule has 0 N–H and O–H groups in total. The van der Waals surface area contributed by atoms with Crippen LogP contribution in [-0.2, 0) is 0 Å². The van der Waals surface area contributed by atoms with Gasteiger partial charge in [0.05, 0.1) is 0 Å². The van der Waals surface area contributed by atoms with Gasteiger partial charge in [0, 0.05) is 0 Å². The quantitative estimate of drug-likeness (QED) is 0.447. The molecule has 0 saturated heterocycles. The molecule has 0 nitrogen and oxygen atoms in total. The molecule has 10 heavy (non-hydrogen) atoms. The van der Waals surface area contributed by atoms with Crippen LogP contribution in [0.15, 0.2) is 23.3 Å². The van der Waals surface area contributed by atoms with Crippen LogP contribution in [0.3, 0.4) is 0 Å². The second-order valence-electron chi connectivity index (χ2n) is 3.60. The van der Waals surface area contributed by atoms with Crippen molar-refractivity contribution in [3.05, 3.63) is 23.3 Å². The van der Waals surface area contributed by atoms with Crippen molar-refractivity contribution in [3.63, 3.8) is 0 Å². The van der Waals surface area contributed by atoms with Gasteiger partial charge < -0.3 is 0 Å². The first-order valence-corrected chi connectivity index (χ1v) is 4.21. The van der Waals surface area contributed by atoms with Gasteiger partial charge >= 0.3 is 0 Å². The Balaban J connectivity index is 2.06. The first-order valence-electron chi connectivity index (χ1n) is 4.21. The second kappa shape index (κ2) is 2.26. The highest BCUT2D eigenvalue weighted by molar-refractivity contribution is 5.37. The summed E-state index contributed by atoms with van der Waals surface area (Å²) in [6.07, 6.45) is 9.94. The van der Waals surface area contributed by atoms with Crippen molar-refractivity contribution < 1.29 is 0 Å². The van der Waals surface area contributed by atoms with Gasteiger partial charge in [-0.1, -0.05) is 30.2 Å². The monoisotopic (exact) mass is 134 g/mol. The van der Waals surface area contributed by atoms with Gasteiger partial charge in [-0.05, 0) is 31.6 Å². The molecule has 0 radical (unpaired) electrons. The molecule has 0 aliphatic heterocycles. The molecule has 1 unspecified atom stereocenters. The van der Waals surface area contributed by atoms with Crippen LogP contribution in [0.2, 0.25) is 0 Å². The Morgan fingerprint density at radius 3 is 3.10 bits per heavy atom. The van der Waals surface area contributed by atoms with Crippen LogP contribution in [0.25, 0.3) is 0 Å². The fourth-order valence-electron chi connectivity index (χ4n) is 1.70. The van der Waals surface area contributed by atoms with Crippen molar-refractivity contribution in [1.82, 2.24) is 0 Å². The zero-order chi connectivity index (χ0) is 6.97. The van der Waals surface area contributed by atoms with E-state index in [1.165, 1.54) is 25.7 Å². The summed E-state index contributed by atoms with van der Waals surface area (Å²) in [5.74, 6) is 0.893. The molecule has 0 aromatic rings. The van der Waals surface area contributed by atoms with Crippen molar-refractivity contribution in [2.24, 2.45) is 5.92 Å². The molecule has 2 aliphatic carbocycles. The minimum absolute atomic E-state index is 0.893. The molecule has 0 aromatic heterocycles. The van der Waals surface area contributed by atoms with Crippen LogP contribution >= 0.6 is 0 Å². The molecule has 0 fully saturated rings. The highest BCUT2D eigenvalue weighted by Gasteiger charge is 2.22. The minimum atomic E-state index is 0.893. The Kier molecular flexibility index (Phi) is 1.40. The van der Waals surface area contributed by atoms with Crippen LogP contribution in [0.4, 0.5) is 0 Å². The largest absolute Gasteiger partial charge is 0.0879 e. The molecule has 2 rings (SSSR count). The summed E-state index contributed by atoms with van der Waals surface area (Å²) in [5.41, 5.74) is 3.49. The molecule has 1 atom stereocenters. The zero-order valence-electron chi connectivity index (χ0n) is 6.56. The van der Waals surface area contributed by atoms with Crippen LogP contribution in [0.1, 0.15) is 32.6 Å². The predicted octanol–water partition coefficient (Wildman–Crippen LogP) is 3.06. The van der Waals surface area contributed by atoms with Gasteiger partial charge in [0.25, 0.3) is 0 Å². The Bertz CT molecular complexity index is 196. The van der Waals surface area contributed by atoms with Crippen molar-refractivity contribution in [3.8, 4) is 0 Å². The lowest BCUT2D eigenvalue weighted by atomic mass is 10.0. The Hall–Kier alpha value is -0.520. The molecule has 2 aliphatic rings. The summed E-state index contributed by atoms with van der Waals surface area (Å²) in [4.78, 5) is 0. The standard InChI is InChI=1S/C10H14/c1-8-4-2-3-5-9-7-10(9)6-8/h2-3,8H,4-7H2,1H3. The van der Waals surface area contributed by atoms with E-state index in [9.17, 15) is 0 Å². The molecule has 0 aromatic carbocycles. The summed E-state index contributed by atoms with van der Waals surface area (Å²) in [6.45, 7) is 2.35. The number of hydrogen-bond donors (Lipinski definition) is 0. The average molecular weight is 134 g/mol. The Morgan fingerprint density at radius 2 is 2.20 bits per heavy atom. The van der Waals surface area contributed by atoms with Crippen LogP contribution < -0.4 is 0 Å². The molecule has 0 spiro atoms. The topological polar surface area (TPSA) is 0 Å². The first-order chi connectivity index (χ1) is 4.86.